The zero-order valence-corrected chi connectivity index (χ0v) is 17.7. The summed E-state index contributed by atoms with van der Waals surface area (Å²) in [6.45, 7) is 3.27. The number of hydrogen-bond acceptors (Lipinski definition) is 8. The van der Waals surface area contributed by atoms with E-state index in [1.165, 1.54) is 24.3 Å². The fourth-order valence-corrected chi connectivity index (χ4v) is 2.88. The predicted molar refractivity (Wildman–Crippen MR) is 118 cm³/mol. The molecule has 0 saturated heterocycles. The fourth-order valence-electron chi connectivity index (χ4n) is 2.88. The molecule has 0 amide bonds. The molecule has 0 spiro atoms. The summed E-state index contributed by atoms with van der Waals surface area (Å²) in [4.78, 5) is 26.2. The Morgan fingerprint density at radius 3 is 1.65 bits per heavy atom. The maximum Gasteiger partial charge on any atom is 0.176 e. The number of ketones is 2. The molecular weight excluding hydrogens is 400 g/mol. The van der Waals surface area contributed by atoms with Crippen LogP contribution in [0.25, 0.3) is 0 Å². The average Bonchev–Trinajstić information content (AvgIpc) is 2.76. The van der Waals surface area contributed by atoms with Crippen LogP contribution in [0.3, 0.4) is 0 Å². The van der Waals surface area contributed by atoms with E-state index in [1.54, 1.807) is 38.1 Å². The molecule has 0 saturated carbocycles. The molecule has 8 nitrogen and oxygen atoms in total. The fraction of sp³-hybridized carbons (Fsp3) is 0.391. The Labute approximate surface area is 181 Å². The lowest BCUT2D eigenvalue weighted by Crippen LogP contribution is -2.39. The second-order valence-electron chi connectivity index (χ2n) is 7.49. The highest BCUT2D eigenvalue weighted by Crippen LogP contribution is 2.21. The number of nitrogen functional groups attached to an aromatic ring is 2. The SMILES string of the molecule is CC(CO)OCC(C)OCC(O)C(C(=O)c1ccc(N)cc1)C(=O)c1ccc(N)cc1. The van der Waals surface area contributed by atoms with E-state index in [2.05, 4.69) is 0 Å². The van der Waals surface area contributed by atoms with Crippen LogP contribution >= 0.6 is 0 Å². The average molecular weight is 431 g/mol. The van der Waals surface area contributed by atoms with Crippen molar-refractivity contribution in [2.75, 3.05) is 31.3 Å². The van der Waals surface area contributed by atoms with Crippen LogP contribution in [0, 0.1) is 5.92 Å². The molecule has 0 aliphatic rings. The van der Waals surface area contributed by atoms with Crippen molar-refractivity contribution >= 4 is 22.9 Å². The zero-order valence-electron chi connectivity index (χ0n) is 17.7. The number of ether oxygens (including phenoxy) is 2. The summed E-state index contributed by atoms with van der Waals surface area (Å²) in [7, 11) is 0. The number of Topliss-reactive ketones (excluding diaryl/α,β-unsaturated/α-hetero) is 2. The van der Waals surface area contributed by atoms with Crippen LogP contribution in [0.15, 0.2) is 48.5 Å². The number of rotatable bonds is 12. The predicted octanol–water partition coefficient (Wildman–Crippen LogP) is 1.70. The summed E-state index contributed by atoms with van der Waals surface area (Å²) in [5.74, 6) is -2.43. The Hall–Kier alpha value is -2.78. The van der Waals surface area contributed by atoms with Crippen LogP contribution in [0.4, 0.5) is 11.4 Å². The van der Waals surface area contributed by atoms with Crippen molar-refractivity contribution in [1.29, 1.82) is 0 Å². The van der Waals surface area contributed by atoms with Gasteiger partial charge in [-0.3, -0.25) is 9.59 Å². The Morgan fingerprint density at radius 2 is 1.23 bits per heavy atom. The molecule has 0 aliphatic heterocycles. The third kappa shape index (κ3) is 7.15. The molecule has 8 heteroatoms. The summed E-state index contributed by atoms with van der Waals surface area (Å²) in [5.41, 5.74) is 12.8. The maximum atomic E-state index is 13.1. The van der Waals surface area contributed by atoms with Crippen molar-refractivity contribution in [2.45, 2.75) is 32.2 Å². The Balaban J connectivity index is 2.18. The molecule has 2 aromatic rings. The van der Waals surface area contributed by atoms with Gasteiger partial charge in [0.2, 0.25) is 0 Å². The van der Waals surface area contributed by atoms with E-state index in [0.717, 1.165) is 0 Å². The number of anilines is 2. The topological polar surface area (TPSA) is 145 Å². The van der Waals surface area contributed by atoms with Crippen molar-refractivity contribution in [2.24, 2.45) is 5.92 Å². The summed E-state index contributed by atoms with van der Waals surface area (Å²) < 4.78 is 11.0. The lowest BCUT2D eigenvalue weighted by atomic mass is 9.86. The molecule has 0 heterocycles. The number of aliphatic hydroxyl groups is 2. The minimum atomic E-state index is -1.38. The Kier molecular flexibility index (Phi) is 9.14. The lowest BCUT2D eigenvalue weighted by Gasteiger charge is -2.23. The zero-order chi connectivity index (χ0) is 23.0. The molecular formula is C23H30N2O6. The van der Waals surface area contributed by atoms with Gasteiger partial charge in [-0.2, -0.15) is 0 Å². The van der Waals surface area contributed by atoms with Gasteiger partial charge in [-0.1, -0.05) is 0 Å². The van der Waals surface area contributed by atoms with Crippen LogP contribution in [-0.4, -0.2) is 59.9 Å². The number of carbonyl (C=O) groups is 2. The lowest BCUT2D eigenvalue weighted by molar-refractivity contribution is -0.0689. The minimum absolute atomic E-state index is 0.121. The summed E-state index contributed by atoms with van der Waals surface area (Å²) in [6, 6.07) is 12.3. The van der Waals surface area contributed by atoms with Gasteiger partial charge in [0, 0.05) is 22.5 Å². The third-order valence-corrected chi connectivity index (χ3v) is 4.76. The first-order valence-corrected chi connectivity index (χ1v) is 10.0. The van der Waals surface area contributed by atoms with Crippen LogP contribution in [-0.2, 0) is 9.47 Å². The van der Waals surface area contributed by atoms with E-state index in [1.807, 2.05) is 0 Å². The molecule has 0 radical (unpaired) electrons. The van der Waals surface area contributed by atoms with Crippen molar-refractivity contribution < 1.29 is 29.3 Å². The van der Waals surface area contributed by atoms with E-state index in [-0.39, 0.29) is 37.1 Å². The van der Waals surface area contributed by atoms with Crippen LogP contribution in [0.1, 0.15) is 34.6 Å². The van der Waals surface area contributed by atoms with Gasteiger partial charge < -0.3 is 31.2 Å². The Morgan fingerprint density at radius 1 is 0.806 bits per heavy atom. The number of aliphatic hydroxyl groups excluding tert-OH is 2. The van der Waals surface area contributed by atoms with Gasteiger partial charge in [0.1, 0.15) is 5.92 Å². The number of benzene rings is 2. The molecule has 3 unspecified atom stereocenters. The molecule has 3 atom stereocenters. The van der Waals surface area contributed by atoms with E-state index in [0.29, 0.717) is 11.4 Å². The molecule has 0 bridgehead atoms. The van der Waals surface area contributed by atoms with Crippen molar-refractivity contribution in [3.63, 3.8) is 0 Å². The molecule has 0 aromatic heterocycles. The summed E-state index contributed by atoms with van der Waals surface area (Å²) in [6.07, 6.45) is -2.14. The van der Waals surface area contributed by atoms with Crippen molar-refractivity contribution in [3.05, 3.63) is 59.7 Å². The van der Waals surface area contributed by atoms with Gasteiger partial charge in [-0.15, -0.1) is 0 Å². The molecule has 2 rings (SSSR count). The number of nitrogens with two attached hydrogens (primary N) is 2. The molecule has 0 fully saturated rings. The summed E-state index contributed by atoms with van der Waals surface area (Å²) >= 11 is 0. The summed E-state index contributed by atoms with van der Waals surface area (Å²) in [5, 5.41) is 19.8. The molecule has 0 aliphatic carbocycles. The highest BCUT2D eigenvalue weighted by Gasteiger charge is 2.35. The first-order valence-electron chi connectivity index (χ1n) is 10.0. The van der Waals surface area contributed by atoms with Gasteiger partial charge in [0.25, 0.3) is 0 Å². The van der Waals surface area contributed by atoms with Gasteiger partial charge >= 0.3 is 0 Å². The smallest absolute Gasteiger partial charge is 0.176 e. The van der Waals surface area contributed by atoms with E-state index >= 15 is 0 Å². The van der Waals surface area contributed by atoms with Crippen molar-refractivity contribution in [1.82, 2.24) is 0 Å². The number of hydrogen-bond donors (Lipinski definition) is 4. The van der Waals surface area contributed by atoms with E-state index in [4.69, 9.17) is 26.0 Å². The van der Waals surface area contributed by atoms with Gasteiger partial charge in [-0.05, 0) is 62.4 Å². The molecule has 31 heavy (non-hydrogen) atoms. The molecule has 168 valence electrons. The second kappa shape index (κ2) is 11.6. The second-order valence-corrected chi connectivity index (χ2v) is 7.49. The minimum Gasteiger partial charge on any atom is -0.399 e. The highest BCUT2D eigenvalue weighted by atomic mass is 16.5. The monoisotopic (exact) mass is 430 g/mol. The number of carbonyl (C=O) groups excluding carboxylic acids is 2. The maximum absolute atomic E-state index is 13.1. The Bertz CT molecular complexity index is 796. The van der Waals surface area contributed by atoms with E-state index < -0.39 is 29.7 Å². The first-order chi connectivity index (χ1) is 14.7. The molecule has 6 N–H and O–H groups in total. The standard InChI is InChI=1S/C23H30N2O6/c1-14(11-26)30-12-15(2)31-13-20(27)21(22(28)16-3-7-18(24)8-4-16)23(29)17-5-9-19(25)10-6-17/h3-10,14-15,20-21,26-27H,11-13,24-25H2,1-2H3. The normalized spacial score (nSPS) is 14.2. The van der Waals surface area contributed by atoms with Gasteiger partial charge in [0.05, 0.1) is 38.1 Å². The van der Waals surface area contributed by atoms with Crippen LogP contribution in [0.5, 0.6) is 0 Å². The van der Waals surface area contributed by atoms with Gasteiger partial charge in [0.15, 0.2) is 11.6 Å². The largest absolute Gasteiger partial charge is 0.399 e. The van der Waals surface area contributed by atoms with Crippen LogP contribution in [0.2, 0.25) is 0 Å². The third-order valence-electron chi connectivity index (χ3n) is 4.76. The van der Waals surface area contributed by atoms with Crippen LogP contribution < -0.4 is 11.5 Å². The highest BCUT2D eigenvalue weighted by molar-refractivity contribution is 6.16. The van der Waals surface area contributed by atoms with Crippen molar-refractivity contribution in [3.8, 4) is 0 Å². The molecule has 2 aromatic carbocycles. The van der Waals surface area contributed by atoms with E-state index in [9.17, 15) is 14.7 Å². The quantitative estimate of drug-likeness (QED) is 0.226. The first kappa shape index (κ1) is 24.5. The van der Waals surface area contributed by atoms with Gasteiger partial charge in [-0.25, -0.2) is 0 Å².